The molecule has 0 aliphatic rings. The third-order valence-corrected chi connectivity index (χ3v) is 5.89. The zero-order valence-corrected chi connectivity index (χ0v) is 18.2. The Morgan fingerprint density at radius 2 is 1.32 bits per heavy atom. The molecular weight excluding hydrogens is 418 g/mol. The number of benzene rings is 5. The van der Waals surface area contributed by atoms with Gasteiger partial charge in [0.2, 0.25) is 0 Å². The van der Waals surface area contributed by atoms with Crippen molar-refractivity contribution in [3.05, 3.63) is 115 Å². The molecule has 6 rings (SSSR count). The van der Waals surface area contributed by atoms with E-state index in [2.05, 4.69) is 63.9 Å². The highest BCUT2D eigenvalue weighted by molar-refractivity contribution is 6.06. The predicted molar refractivity (Wildman–Crippen MR) is 136 cm³/mol. The van der Waals surface area contributed by atoms with Crippen molar-refractivity contribution in [3.63, 3.8) is 0 Å². The summed E-state index contributed by atoms with van der Waals surface area (Å²) in [4.78, 5) is 0. The van der Waals surface area contributed by atoms with Crippen LogP contribution < -0.4 is 0 Å². The Morgan fingerprint density at radius 3 is 2.15 bits per heavy atom. The first-order valence-electron chi connectivity index (χ1n) is 11.0. The first kappa shape index (κ1) is 19.9. The molecule has 0 bridgehead atoms. The first-order valence-corrected chi connectivity index (χ1v) is 11.0. The molecule has 1 aromatic heterocycles. The van der Waals surface area contributed by atoms with Gasteiger partial charge in [-0.1, -0.05) is 91.0 Å². The molecule has 1 heterocycles. The van der Waals surface area contributed by atoms with Crippen LogP contribution in [0.5, 0.6) is 0 Å². The maximum absolute atomic E-state index is 4.88. The van der Waals surface area contributed by atoms with E-state index in [0.717, 1.165) is 55.3 Å². The number of fused-ring (bicyclic) bond motifs is 2. The van der Waals surface area contributed by atoms with E-state index >= 15 is 0 Å². The molecule has 0 spiro atoms. The van der Waals surface area contributed by atoms with Gasteiger partial charge < -0.3 is 0 Å². The zero-order valence-electron chi connectivity index (χ0n) is 18.2. The number of hydrogen-bond acceptors (Lipinski definition) is 5. The Balaban J connectivity index is 1.66. The van der Waals surface area contributed by atoms with Crippen LogP contribution in [0, 0.1) is 0 Å². The minimum atomic E-state index is 0.737. The van der Waals surface area contributed by atoms with Crippen molar-refractivity contribution < 1.29 is 0 Å². The van der Waals surface area contributed by atoms with Gasteiger partial charge in [0.25, 0.3) is 0 Å². The van der Waals surface area contributed by atoms with Crippen LogP contribution in [0.15, 0.2) is 126 Å². The second-order valence-corrected chi connectivity index (χ2v) is 7.94. The summed E-state index contributed by atoms with van der Waals surface area (Å²) in [6.45, 7) is 0. The van der Waals surface area contributed by atoms with Crippen molar-refractivity contribution in [2.24, 2.45) is 10.2 Å². The number of rotatable bonds is 4. The smallest absolute Gasteiger partial charge is 0.102 e. The number of aromatic nitrogens is 3. The van der Waals surface area contributed by atoms with Crippen molar-refractivity contribution in [2.45, 2.75) is 0 Å². The number of hydrogen-bond donors (Lipinski definition) is 0. The lowest BCUT2D eigenvalue weighted by molar-refractivity contribution is 0.871. The Bertz CT molecular complexity index is 1640. The standard InChI is InChI=1S/C29H19N5/c1-2-10-21(11-3-1)28-25(27-17-18-30-34-32-27)19-22-12-5-7-15-24(22)29(28)33-31-26-16-8-13-20-9-4-6-14-23(20)26/h1-19H. The van der Waals surface area contributed by atoms with Gasteiger partial charge in [-0.25, -0.2) is 0 Å². The quantitative estimate of drug-likeness (QED) is 0.263. The van der Waals surface area contributed by atoms with E-state index in [-0.39, 0.29) is 0 Å². The molecule has 6 aromatic rings. The van der Waals surface area contributed by atoms with E-state index < -0.39 is 0 Å². The second kappa shape index (κ2) is 8.64. The fourth-order valence-corrected chi connectivity index (χ4v) is 4.32. The van der Waals surface area contributed by atoms with E-state index in [4.69, 9.17) is 10.2 Å². The van der Waals surface area contributed by atoms with Crippen LogP contribution >= 0.6 is 0 Å². The zero-order chi connectivity index (χ0) is 22.7. The molecule has 0 N–H and O–H groups in total. The van der Waals surface area contributed by atoms with Gasteiger partial charge in [0, 0.05) is 21.9 Å². The summed E-state index contributed by atoms with van der Waals surface area (Å²) < 4.78 is 0. The summed E-state index contributed by atoms with van der Waals surface area (Å²) in [5.74, 6) is 0. The summed E-state index contributed by atoms with van der Waals surface area (Å²) in [6.07, 6.45) is 1.66. The lowest BCUT2D eigenvalue weighted by Gasteiger charge is -2.15. The van der Waals surface area contributed by atoms with Crippen LogP contribution in [0.1, 0.15) is 0 Å². The Labute approximate surface area is 196 Å². The SMILES string of the molecule is c1ccc(-c2c(-c3ccnnn3)cc3ccccc3c2N=Nc2cccc3ccccc23)cc1. The molecule has 5 heteroatoms. The molecule has 0 fully saturated rings. The molecule has 0 atom stereocenters. The average Bonchev–Trinajstić information content (AvgIpc) is 2.92. The number of azo groups is 1. The van der Waals surface area contributed by atoms with Crippen molar-refractivity contribution >= 4 is 32.9 Å². The lowest BCUT2D eigenvalue weighted by atomic mass is 9.91. The highest BCUT2D eigenvalue weighted by atomic mass is 15.3. The van der Waals surface area contributed by atoms with Crippen molar-refractivity contribution in [1.82, 2.24) is 15.4 Å². The van der Waals surface area contributed by atoms with E-state index in [1.54, 1.807) is 6.20 Å². The summed E-state index contributed by atoms with van der Waals surface area (Å²) in [6, 6.07) is 36.8. The molecular formula is C29H19N5. The normalized spacial score (nSPS) is 11.4. The van der Waals surface area contributed by atoms with Crippen molar-refractivity contribution in [1.29, 1.82) is 0 Å². The largest absolute Gasteiger partial charge is 0.150 e. The van der Waals surface area contributed by atoms with Gasteiger partial charge in [-0.15, -0.1) is 20.4 Å². The Morgan fingerprint density at radius 1 is 0.588 bits per heavy atom. The van der Waals surface area contributed by atoms with Gasteiger partial charge in [-0.2, -0.15) is 0 Å². The van der Waals surface area contributed by atoms with E-state index in [0.29, 0.717) is 0 Å². The van der Waals surface area contributed by atoms with E-state index in [1.165, 1.54) is 0 Å². The monoisotopic (exact) mass is 437 g/mol. The predicted octanol–water partition coefficient (Wildman–Crippen LogP) is 7.93. The molecule has 0 radical (unpaired) electrons. The van der Waals surface area contributed by atoms with Crippen molar-refractivity contribution in [2.75, 3.05) is 0 Å². The minimum absolute atomic E-state index is 0.737. The van der Waals surface area contributed by atoms with Crippen LogP contribution in [0.2, 0.25) is 0 Å². The summed E-state index contributed by atoms with van der Waals surface area (Å²) >= 11 is 0. The van der Waals surface area contributed by atoms with Gasteiger partial charge in [0.05, 0.1) is 17.6 Å². The first-order chi connectivity index (χ1) is 16.9. The molecule has 160 valence electrons. The summed E-state index contributed by atoms with van der Waals surface area (Å²) in [7, 11) is 0. The Hall–Kier alpha value is -4.77. The minimum Gasteiger partial charge on any atom is -0.150 e. The fourth-order valence-electron chi connectivity index (χ4n) is 4.32. The van der Waals surface area contributed by atoms with E-state index in [1.807, 2.05) is 60.7 Å². The second-order valence-electron chi connectivity index (χ2n) is 7.94. The molecule has 0 aliphatic carbocycles. The maximum Gasteiger partial charge on any atom is 0.102 e. The molecule has 0 amide bonds. The van der Waals surface area contributed by atoms with Gasteiger partial charge in [0.1, 0.15) is 5.69 Å². The van der Waals surface area contributed by atoms with Crippen LogP contribution in [-0.2, 0) is 0 Å². The molecule has 0 saturated heterocycles. The van der Waals surface area contributed by atoms with Crippen LogP contribution in [0.4, 0.5) is 11.4 Å². The summed E-state index contributed by atoms with van der Waals surface area (Å²) in [5.41, 5.74) is 5.30. The molecule has 34 heavy (non-hydrogen) atoms. The van der Waals surface area contributed by atoms with Gasteiger partial charge in [0.15, 0.2) is 0 Å². The molecule has 0 saturated carbocycles. The van der Waals surface area contributed by atoms with Gasteiger partial charge in [-0.3, -0.25) is 0 Å². The Kier molecular flexibility index (Phi) is 5.05. The molecule has 5 aromatic carbocycles. The molecule has 0 unspecified atom stereocenters. The lowest BCUT2D eigenvalue weighted by Crippen LogP contribution is -1.93. The summed E-state index contributed by atoms with van der Waals surface area (Å²) in [5, 5.41) is 26.0. The van der Waals surface area contributed by atoms with Crippen molar-refractivity contribution in [3.8, 4) is 22.4 Å². The maximum atomic E-state index is 4.88. The molecule has 0 aliphatic heterocycles. The fraction of sp³-hybridized carbons (Fsp3) is 0. The highest BCUT2D eigenvalue weighted by Crippen LogP contribution is 2.44. The molecule has 5 nitrogen and oxygen atoms in total. The average molecular weight is 438 g/mol. The highest BCUT2D eigenvalue weighted by Gasteiger charge is 2.18. The third-order valence-electron chi connectivity index (χ3n) is 5.89. The topological polar surface area (TPSA) is 63.4 Å². The van der Waals surface area contributed by atoms with Crippen LogP contribution in [-0.4, -0.2) is 15.4 Å². The number of nitrogens with zero attached hydrogens (tertiary/aromatic N) is 5. The van der Waals surface area contributed by atoms with Crippen LogP contribution in [0.25, 0.3) is 43.9 Å². The van der Waals surface area contributed by atoms with Crippen LogP contribution in [0.3, 0.4) is 0 Å². The van der Waals surface area contributed by atoms with Gasteiger partial charge in [-0.05, 0) is 39.7 Å². The third kappa shape index (κ3) is 3.59. The van der Waals surface area contributed by atoms with Gasteiger partial charge >= 0.3 is 0 Å². The van der Waals surface area contributed by atoms with E-state index in [9.17, 15) is 0 Å².